The lowest BCUT2D eigenvalue weighted by molar-refractivity contribution is -0.137. The second kappa shape index (κ2) is 6.75. The topological polar surface area (TPSA) is 99.6 Å². The molecule has 0 aliphatic carbocycles. The van der Waals surface area contributed by atoms with Crippen LogP contribution in [0.1, 0.15) is 25.7 Å². The number of aliphatic carboxylic acids is 1. The van der Waals surface area contributed by atoms with Gasteiger partial charge in [0.15, 0.2) is 5.82 Å². The zero-order valence-electron chi connectivity index (χ0n) is 11.7. The fraction of sp³-hybridized carbons (Fsp3) is 0.538. The number of carboxylic acids is 1. The van der Waals surface area contributed by atoms with Crippen molar-refractivity contribution in [1.82, 2.24) is 4.98 Å². The van der Waals surface area contributed by atoms with Crippen LogP contribution in [0.25, 0.3) is 0 Å². The third-order valence-corrected chi connectivity index (χ3v) is 4.62. The van der Waals surface area contributed by atoms with E-state index >= 15 is 0 Å². The first-order chi connectivity index (χ1) is 9.98. The van der Waals surface area contributed by atoms with Gasteiger partial charge in [-0.15, -0.1) is 0 Å². The Morgan fingerprint density at radius 2 is 2.10 bits per heavy atom. The van der Waals surface area contributed by atoms with Crippen LogP contribution in [0, 0.1) is 0 Å². The van der Waals surface area contributed by atoms with Gasteiger partial charge in [-0.05, 0) is 31.4 Å². The number of pyridine rings is 1. The van der Waals surface area contributed by atoms with Crippen molar-refractivity contribution in [1.29, 1.82) is 0 Å². The van der Waals surface area contributed by atoms with Crippen LogP contribution in [-0.4, -0.2) is 43.3 Å². The van der Waals surface area contributed by atoms with E-state index in [1.807, 2.05) is 0 Å². The molecule has 7 nitrogen and oxygen atoms in total. The summed E-state index contributed by atoms with van der Waals surface area (Å²) in [6.07, 6.45) is 3.70. The summed E-state index contributed by atoms with van der Waals surface area (Å²) in [5, 5.41) is 8.56. The van der Waals surface area contributed by atoms with Crippen molar-refractivity contribution in [2.45, 2.75) is 25.7 Å². The Labute approximate surface area is 124 Å². The molecule has 0 radical (unpaired) electrons. The SMILES string of the molecule is O=C(O)CCCS(=O)(=O)Nc1cccnc1N1CCCC1. The van der Waals surface area contributed by atoms with E-state index in [1.165, 1.54) is 0 Å². The van der Waals surface area contributed by atoms with Gasteiger partial charge in [-0.25, -0.2) is 13.4 Å². The van der Waals surface area contributed by atoms with Gasteiger partial charge in [-0.1, -0.05) is 0 Å². The summed E-state index contributed by atoms with van der Waals surface area (Å²) in [4.78, 5) is 16.7. The Hall–Kier alpha value is -1.83. The fourth-order valence-corrected chi connectivity index (χ4v) is 3.41. The summed E-state index contributed by atoms with van der Waals surface area (Å²) in [5.74, 6) is -0.575. The van der Waals surface area contributed by atoms with Gasteiger partial charge in [-0.3, -0.25) is 9.52 Å². The number of nitrogens with zero attached hydrogens (tertiary/aromatic N) is 2. The molecule has 116 valence electrons. The van der Waals surface area contributed by atoms with Gasteiger partial charge < -0.3 is 10.0 Å². The van der Waals surface area contributed by atoms with Gasteiger partial charge in [-0.2, -0.15) is 0 Å². The summed E-state index contributed by atoms with van der Waals surface area (Å²) >= 11 is 0. The van der Waals surface area contributed by atoms with Crippen molar-refractivity contribution >= 4 is 27.5 Å². The van der Waals surface area contributed by atoms with Crippen LogP contribution in [0.4, 0.5) is 11.5 Å². The third kappa shape index (κ3) is 4.59. The summed E-state index contributed by atoms with van der Waals surface area (Å²) in [6.45, 7) is 1.73. The minimum atomic E-state index is -3.56. The Bertz CT molecular complexity index is 597. The van der Waals surface area contributed by atoms with E-state index in [-0.39, 0.29) is 18.6 Å². The molecule has 0 saturated carbocycles. The molecule has 1 aliphatic heterocycles. The van der Waals surface area contributed by atoms with Gasteiger partial charge in [0, 0.05) is 25.7 Å². The van der Waals surface area contributed by atoms with Crippen LogP contribution in [0.3, 0.4) is 0 Å². The molecule has 1 fully saturated rings. The molecular weight excluding hydrogens is 294 g/mol. The zero-order valence-corrected chi connectivity index (χ0v) is 12.5. The number of anilines is 2. The van der Waals surface area contributed by atoms with Crippen molar-refractivity contribution in [2.24, 2.45) is 0 Å². The van der Waals surface area contributed by atoms with E-state index in [2.05, 4.69) is 14.6 Å². The fourth-order valence-electron chi connectivity index (χ4n) is 2.29. The summed E-state index contributed by atoms with van der Waals surface area (Å²) in [6, 6.07) is 3.35. The largest absolute Gasteiger partial charge is 0.481 e. The smallest absolute Gasteiger partial charge is 0.303 e. The molecule has 1 aromatic rings. The molecule has 0 aromatic carbocycles. The van der Waals surface area contributed by atoms with Crippen LogP contribution in [0.2, 0.25) is 0 Å². The molecule has 0 spiro atoms. The Morgan fingerprint density at radius 3 is 2.76 bits per heavy atom. The van der Waals surface area contributed by atoms with E-state index in [4.69, 9.17) is 5.11 Å². The number of rotatable bonds is 7. The highest BCUT2D eigenvalue weighted by Crippen LogP contribution is 2.26. The highest BCUT2D eigenvalue weighted by Gasteiger charge is 2.20. The molecule has 2 rings (SSSR count). The first-order valence-electron chi connectivity index (χ1n) is 6.90. The number of hydrogen-bond donors (Lipinski definition) is 2. The number of carboxylic acid groups (broad SMARTS) is 1. The Morgan fingerprint density at radius 1 is 1.38 bits per heavy atom. The molecule has 0 atom stereocenters. The lowest BCUT2D eigenvalue weighted by Crippen LogP contribution is -2.23. The van der Waals surface area contributed by atoms with Gasteiger partial charge in [0.2, 0.25) is 10.0 Å². The van der Waals surface area contributed by atoms with Crippen molar-refractivity contribution < 1.29 is 18.3 Å². The Balaban J connectivity index is 2.06. The molecule has 2 heterocycles. The van der Waals surface area contributed by atoms with Crippen molar-refractivity contribution in [2.75, 3.05) is 28.5 Å². The quantitative estimate of drug-likeness (QED) is 0.787. The van der Waals surface area contributed by atoms with Gasteiger partial charge in [0.05, 0.1) is 11.4 Å². The van der Waals surface area contributed by atoms with Crippen LogP contribution in [0.5, 0.6) is 0 Å². The van der Waals surface area contributed by atoms with Crippen LogP contribution < -0.4 is 9.62 Å². The Kier molecular flexibility index (Phi) is 5.00. The van der Waals surface area contributed by atoms with E-state index in [0.29, 0.717) is 11.5 Å². The lowest BCUT2D eigenvalue weighted by Gasteiger charge is -2.20. The second-order valence-corrected chi connectivity index (χ2v) is 6.83. The zero-order chi connectivity index (χ0) is 15.3. The molecule has 0 amide bonds. The number of carbonyl (C=O) groups is 1. The monoisotopic (exact) mass is 313 g/mol. The minimum Gasteiger partial charge on any atom is -0.481 e. The maximum Gasteiger partial charge on any atom is 0.303 e. The highest BCUT2D eigenvalue weighted by molar-refractivity contribution is 7.92. The van der Waals surface area contributed by atoms with Crippen molar-refractivity contribution in [3.8, 4) is 0 Å². The van der Waals surface area contributed by atoms with E-state index < -0.39 is 16.0 Å². The molecule has 1 aromatic heterocycles. The number of sulfonamides is 1. The summed E-state index contributed by atoms with van der Waals surface area (Å²) in [5.41, 5.74) is 0.453. The van der Waals surface area contributed by atoms with Gasteiger partial charge in [0.25, 0.3) is 0 Å². The number of nitrogens with one attached hydrogen (secondary N) is 1. The maximum atomic E-state index is 12.0. The first-order valence-corrected chi connectivity index (χ1v) is 8.55. The average Bonchev–Trinajstić information content (AvgIpc) is 2.91. The van der Waals surface area contributed by atoms with Crippen LogP contribution in [-0.2, 0) is 14.8 Å². The molecule has 2 N–H and O–H groups in total. The molecule has 0 unspecified atom stereocenters. The first kappa shape index (κ1) is 15.6. The molecule has 21 heavy (non-hydrogen) atoms. The third-order valence-electron chi connectivity index (χ3n) is 3.26. The van der Waals surface area contributed by atoms with Gasteiger partial charge in [0.1, 0.15) is 0 Å². The molecular formula is C13H19N3O4S. The molecule has 1 saturated heterocycles. The second-order valence-electron chi connectivity index (χ2n) is 4.99. The van der Waals surface area contributed by atoms with E-state index in [1.54, 1.807) is 18.3 Å². The average molecular weight is 313 g/mol. The van der Waals surface area contributed by atoms with E-state index in [0.717, 1.165) is 25.9 Å². The van der Waals surface area contributed by atoms with Gasteiger partial charge >= 0.3 is 5.97 Å². The number of aromatic nitrogens is 1. The van der Waals surface area contributed by atoms with Crippen LogP contribution in [0.15, 0.2) is 18.3 Å². The summed E-state index contributed by atoms with van der Waals surface area (Å²) in [7, 11) is -3.56. The molecule has 0 bridgehead atoms. The standard InChI is InChI=1S/C13H19N3O4S/c17-12(18)6-4-10-21(19,20)15-11-5-3-7-14-13(11)16-8-1-2-9-16/h3,5,7,15H,1-2,4,6,8-10H2,(H,17,18). The predicted octanol–water partition coefficient (Wildman–Crippen LogP) is 1.29. The normalized spacial score (nSPS) is 15.1. The van der Waals surface area contributed by atoms with E-state index in [9.17, 15) is 13.2 Å². The molecule has 8 heteroatoms. The van der Waals surface area contributed by atoms with Crippen molar-refractivity contribution in [3.63, 3.8) is 0 Å². The highest BCUT2D eigenvalue weighted by atomic mass is 32.2. The molecule has 1 aliphatic rings. The van der Waals surface area contributed by atoms with Crippen LogP contribution >= 0.6 is 0 Å². The number of hydrogen-bond acceptors (Lipinski definition) is 5. The van der Waals surface area contributed by atoms with Crippen molar-refractivity contribution in [3.05, 3.63) is 18.3 Å². The maximum absolute atomic E-state index is 12.0. The predicted molar refractivity (Wildman–Crippen MR) is 80.0 cm³/mol. The summed E-state index contributed by atoms with van der Waals surface area (Å²) < 4.78 is 26.5. The minimum absolute atomic E-state index is 0.0873. The lowest BCUT2D eigenvalue weighted by atomic mass is 10.3.